The minimum Gasteiger partial charge on any atom is -0.383 e. The van der Waals surface area contributed by atoms with Gasteiger partial charge in [0.2, 0.25) is 0 Å². The van der Waals surface area contributed by atoms with Gasteiger partial charge in [-0.25, -0.2) is 4.79 Å². The molecule has 2 aliphatic heterocycles. The van der Waals surface area contributed by atoms with Crippen LogP contribution in [0.25, 0.3) is 0 Å². The van der Waals surface area contributed by atoms with Crippen LogP contribution in [-0.4, -0.2) is 81.9 Å². The smallest absolute Gasteiger partial charge is 0.327 e. The van der Waals surface area contributed by atoms with E-state index in [0.717, 1.165) is 31.7 Å². The lowest BCUT2D eigenvalue weighted by molar-refractivity contribution is -0.136. The number of urea groups is 1. The number of carbonyl (C=O) groups is 2. The highest BCUT2D eigenvalue weighted by Crippen LogP contribution is 2.37. The van der Waals surface area contributed by atoms with E-state index in [1.807, 2.05) is 41.8 Å². The molecule has 2 saturated heterocycles. The Kier molecular flexibility index (Phi) is 6.62. The van der Waals surface area contributed by atoms with Gasteiger partial charge in [0, 0.05) is 52.1 Å². The Bertz CT molecular complexity index is 950. The van der Waals surface area contributed by atoms with Gasteiger partial charge in [0.05, 0.1) is 18.8 Å². The molecule has 0 aliphatic carbocycles. The van der Waals surface area contributed by atoms with Crippen LogP contribution >= 0.6 is 0 Å². The van der Waals surface area contributed by atoms with E-state index in [4.69, 9.17) is 4.74 Å². The number of nitrogens with zero attached hydrogens (tertiary/aromatic N) is 5. The normalized spacial score (nSPS) is 18.8. The Morgan fingerprint density at radius 2 is 1.81 bits per heavy atom. The summed E-state index contributed by atoms with van der Waals surface area (Å²) in [7, 11) is 3.52. The Morgan fingerprint density at radius 3 is 2.44 bits per heavy atom. The van der Waals surface area contributed by atoms with Crippen LogP contribution in [0, 0.1) is 6.92 Å². The number of aromatic nitrogens is 2. The van der Waals surface area contributed by atoms with Crippen molar-refractivity contribution in [2.75, 3.05) is 39.9 Å². The van der Waals surface area contributed by atoms with Gasteiger partial charge in [0.1, 0.15) is 5.54 Å². The first-order valence-electron chi connectivity index (χ1n) is 11.3. The molecule has 2 aromatic rings. The molecule has 0 saturated carbocycles. The Hall–Kier alpha value is -2.71. The number of hydrogen-bond acceptors (Lipinski definition) is 5. The van der Waals surface area contributed by atoms with Crippen LogP contribution in [0.3, 0.4) is 0 Å². The number of amides is 3. The van der Waals surface area contributed by atoms with Crippen molar-refractivity contribution in [3.8, 4) is 0 Å². The molecule has 0 unspecified atom stereocenters. The van der Waals surface area contributed by atoms with Crippen LogP contribution in [-0.2, 0) is 29.5 Å². The summed E-state index contributed by atoms with van der Waals surface area (Å²) in [4.78, 5) is 32.4. The molecule has 4 rings (SSSR count). The quantitative estimate of drug-likeness (QED) is 0.590. The number of likely N-dealkylation sites (tertiary alicyclic amines) is 1. The highest BCUT2D eigenvalue weighted by molar-refractivity contribution is 6.07. The second-order valence-corrected chi connectivity index (χ2v) is 8.84. The fourth-order valence-electron chi connectivity index (χ4n) is 4.97. The molecule has 3 heterocycles. The summed E-state index contributed by atoms with van der Waals surface area (Å²) in [5.74, 6) is -0.0650. The third-order valence-electron chi connectivity index (χ3n) is 6.80. The summed E-state index contributed by atoms with van der Waals surface area (Å²) in [6.45, 7) is 5.58. The van der Waals surface area contributed by atoms with Crippen LogP contribution in [0.2, 0.25) is 0 Å². The second kappa shape index (κ2) is 9.42. The molecule has 0 radical (unpaired) electrons. The summed E-state index contributed by atoms with van der Waals surface area (Å²) in [5.41, 5.74) is 2.66. The average Bonchev–Trinajstić information content (AvgIpc) is 3.20. The van der Waals surface area contributed by atoms with Gasteiger partial charge in [0.15, 0.2) is 0 Å². The molecule has 172 valence electrons. The minimum absolute atomic E-state index is 0.0650. The van der Waals surface area contributed by atoms with Crippen molar-refractivity contribution in [3.05, 3.63) is 53.3 Å². The molecule has 2 aliphatic rings. The maximum absolute atomic E-state index is 13.5. The third kappa shape index (κ3) is 4.29. The number of piperidine rings is 1. The van der Waals surface area contributed by atoms with Gasteiger partial charge < -0.3 is 9.64 Å². The van der Waals surface area contributed by atoms with Crippen LogP contribution < -0.4 is 0 Å². The number of benzene rings is 1. The van der Waals surface area contributed by atoms with Crippen molar-refractivity contribution < 1.29 is 14.3 Å². The number of methoxy groups -OCH3 is 1. The van der Waals surface area contributed by atoms with Crippen LogP contribution in [0.5, 0.6) is 0 Å². The van der Waals surface area contributed by atoms with Gasteiger partial charge >= 0.3 is 6.03 Å². The van der Waals surface area contributed by atoms with E-state index in [2.05, 4.69) is 28.3 Å². The van der Waals surface area contributed by atoms with E-state index in [9.17, 15) is 9.59 Å². The molecule has 1 aromatic carbocycles. The van der Waals surface area contributed by atoms with Crippen molar-refractivity contribution in [3.63, 3.8) is 0 Å². The molecule has 0 atom stereocenters. The Labute approximate surface area is 189 Å². The average molecular weight is 440 g/mol. The lowest BCUT2D eigenvalue weighted by atomic mass is 9.85. The third-order valence-corrected chi connectivity index (χ3v) is 6.80. The molecule has 1 aromatic heterocycles. The van der Waals surface area contributed by atoms with Gasteiger partial charge in [-0.2, -0.15) is 5.10 Å². The zero-order valence-electron chi connectivity index (χ0n) is 19.3. The SMILES string of the molecule is COCCN1C(=O)N(CCc2ccccc2)C2(CCN(Cc3cn(C)nc3C)CC2)C1=O. The van der Waals surface area contributed by atoms with Crippen molar-refractivity contribution in [2.45, 2.75) is 38.3 Å². The summed E-state index contributed by atoms with van der Waals surface area (Å²) in [5, 5.41) is 4.44. The molecule has 2 fully saturated rings. The van der Waals surface area contributed by atoms with Gasteiger partial charge in [-0.05, 0) is 31.7 Å². The second-order valence-electron chi connectivity index (χ2n) is 8.84. The van der Waals surface area contributed by atoms with E-state index in [1.54, 1.807) is 7.11 Å². The Balaban J connectivity index is 1.49. The van der Waals surface area contributed by atoms with E-state index in [0.29, 0.717) is 32.5 Å². The number of rotatable bonds is 8. The first-order chi connectivity index (χ1) is 15.4. The number of hydrogen-bond donors (Lipinski definition) is 0. The number of imide groups is 1. The highest BCUT2D eigenvalue weighted by Gasteiger charge is 2.57. The van der Waals surface area contributed by atoms with E-state index in [-0.39, 0.29) is 11.9 Å². The number of aryl methyl sites for hydroxylation is 2. The lowest BCUT2D eigenvalue weighted by Crippen LogP contribution is -2.56. The highest BCUT2D eigenvalue weighted by atomic mass is 16.5. The summed E-state index contributed by atoms with van der Waals surface area (Å²) < 4.78 is 7.00. The van der Waals surface area contributed by atoms with Gasteiger partial charge in [-0.3, -0.25) is 19.3 Å². The zero-order valence-corrected chi connectivity index (χ0v) is 19.3. The topological polar surface area (TPSA) is 70.9 Å². The van der Waals surface area contributed by atoms with Crippen LogP contribution in [0.4, 0.5) is 4.79 Å². The van der Waals surface area contributed by atoms with Crippen molar-refractivity contribution >= 4 is 11.9 Å². The van der Waals surface area contributed by atoms with Crippen molar-refractivity contribution in [1.29, 1.82) is 0 Å². The summed E-state index contributed by atoms with van der Waals surface area (Å²) >= 11 is 0. The maximum atomic E-state index is 13.5. The largest absolute Gasteiger partial charge is 0.383 e. The monoisotopic (exact) mass is 439 g/mol. The molecular formula is C24H33N5O3. The summed E-state index contributed by atoms with van der Waals surface area (Å²) in [6.07, 6.45) is 4.09. The molecule has 32 heavy (non-hydrogen) atoms. The van der Waals surface area contributed by atoms with Crippen LogP contribution in [0.15, 0.2) is 36.5 Å². The molecule has 0 N–H and O–H groups in total. The van der Waals surface area contributed by atoms with Crippen molar-refractivity contribution in [2.24, 2.45) is 7.05 Å². The lowest BCUT2D eigenvalue weighted by Gasteiger charge is -2.42. The molecule has 8 heteroatoms. The molecular weight excluding hydrogens is 406 g/mol. The predicted molar refractivity (Wildman–Crippen MR) is 121 cm³/mol. The summed E-state index contributed by atoms with van der Waals surface area (Å²) in [6, 6.07) is 9.95. The number of ether oxygens (including phenoxy) is 1. The maximum Gasteiger partial charge on any atom is 0.327 e. The predicted octanol–water partition coefficient (Wildman–Crippen LogP) is 2.22. The first-order valence-corrected chi connectivity index (χ1v) is 11.3. The molecule has 3 amide bonds. The zero-order chi connectivity index (χ0) is 22.7. The minimum atomic E-state index is -0.750. The number of carbonyl (C=O) groups excluding carboxylic acids is 2. The van der Waals surface area contributed by atoms with E-state index in [1.165, 1.54) is 16.0 Å². The fourth-order valence-corrected chi connectivity index (χ4v) is 4.97. The Morgan fingerprint density at radius 1 is 1.09 bits per heavy atom. The standard InChI is InChI=1S/C24H33N5O3/c1-19-21(17-26(2)25-19)18-27-13-10-24(11-14-27)22(30)28(15-16-32-3)23(31)29(24)12-9-20-7-5-4-6-8-20/h4-8,17H,9-16,18H2,1-3H3. The fraction of sp³-hybridized carbons (Fsp3) is 0.542. The van der Waals surface area contributed by atoms with Gasteiger partial charge in [-0.1, -0.05) is 30.3 Å². The van der Waals surface area contributed by atoms with Crippen molar-refractivity contribution in [1.82, 2.24) is 24.5 Å². The van der Waals surface area contributed by atoms with Crippen LogP contribution in [0.1, 0.15) is 29.7 Å². The molecule has 0 bridgehead atoms. The van der Waals surface area contributed by atoms with Gasteiger partial charge in [-0.15, -0.1) is 0 Å². The van der Waals surface area contributed by atoms with E-state index < -0.39 is 5.54 Å². The molecule has 8 nitrogen and oxygen atoms in total. The van der Waals surface area contributed by atoms with E-state index >= 15 is 0 Å². The van der Waals surface area contributed by atoms with Gasteiger partial charge in [0.25, 0.3) is 5.91 Å². The first kappa shape index (κ1) is 22.5. The molecule has 1 spiro atoms.